The van der Waals surface area contributed by atoms with Crippen molar-refractivity contribution in [3.05, 3.63) is 24.3 Å². The quantitative estimate of drug-likeness (QED) is 0.642. The highest BCUT2D eigenvalue weighted by atomic mass is 32.2. The van der Waals surface area contributed by atoms with E-state index in [2.05, 4.69) is 15.4 Å². The van der Waals surface area contributed by atoms with Crippen LogP contribution in [0.25, 0.3) is 0 Å². The molecule has 0 heterocycles. The molecule has 1 rings (SSSR count). The molecule has 18 heavy (non-hydrogen) atoms. The molecule has 6 nitrogen and oxygen atoms in total. The molecule has 0 aliphatic rings. The Morgan fingerprint density at radius 3 is 2.28 bits per heavy atom. The van der Waals surface area contributed by atoms with E-state index in [-0.39, 0.29) is 10.8 Å². The molecule has 100 valence electrons. The van der Waals surface area contributed by atoms with Gasteiger partial charge in [0.05, 0.1) is 4.90 Å². The largest absolute Gasteiger partial charge is 0.326 e. The van der Waals surface area contributed by atoms with Gasteiger partial charge in [-0.25, -0.2) is 13.1 Å². The van der Waals surface area contributed by atoms with Crippen LogP contribution in [0.15, 0.2) is 29.2 Å². The maximum atomic E-state index is 11.8. The summed E-state index contributed by atoms with van der Waals surface area (Å²) in [6, 6.07) is 6.00. The number of likely N-dealkylation sites (N-methyl/N-ethyl adjacent to an activating group) is 1. The normalized spacial score (nSPS) is 11.2. The number of rotatable bonds is 6. The highest BCUT2D eigenvalue weighted by Gasteiger charge is 2.12. The van der Waals surface area contributed by atoms with E-state index in [4.69, 9.17) is 0 Å². The van der Waals surface area contributed by atoms with Crippen molar-refractivity contribution >= 4 is 21.6 Å². The molecule has 1 aromatic rings. The van der Waals surface area contributed by atoms with Gasteiger partial charge in [-0.1, -0.05) is 0 Å². The minimum atomic E-state index is -3.48. The van der Waals surface area contributed by atoms with Crippen molar-refractivity contribution in [2.24, 2.45) is 0 Å². The number of benzene rings is 1. The van der Waals surface area contributed by atoms with Gasteiger partial charge in [-0.15, -0.1) is 0 Å². The van der Waals surface area contributed by atoms with E-state index in [0.29, 0.717) is 18.8 Å². The summed E-state index contributed by atoms with van der Waals surface area (Å²) in [7, 11) is -1.73. The smallest absolute Gasteiger partial charge is 0.240 e. The summed E-state index contributed by atoms with van der Waals surface area (Å²) in [5.41, 5.74) is 0.566. The van der Waals surface area contributed by atoms with Crippen LogP contribution in [-0.2, 0) is 14.8 Å². The summed E-state index contributed by atoms with van der Waals surface area (Å²) in [5.74, 6) is -0.197. The molecule has 0 fully saturated rings. The van der Waals surface area contributed by atoms with Crippen LogP contribution in [-0.4, -0.2) is 34.5 Å². The average Bonchev–Trinajstić information content (AvgIpc) is 2.29. The van der Waals surface area contributed by atoms with Gasteiger partial charge in [0.15, 0.2) is 0 Å². The second kappa shape index (κ2) is 6.48. The van der Waals surface area contributed by atoms with Gasteiger partial charge < -0.3 is 10.6 Å². The van der Waals surface area contributed by atoms with Crippen molar-refractivity contribution < 1.29 is 13.2 Å². The molecule has 0 aromatic heterocycles. The number of hydrogen-bond acceptors (Lipinski definition) is 4. The summed E-state index contributed by atoms with van der Waals surface area (Å²) in [4.78, 5) is 11.0. The molecule has 0 atom stereocenters. The Hall–Kier alpha value is -1.44. The van der Waals surface area contributed by atoms with Gasteiger partial charge in [0.1, 0.15) is 0 Å². The Kier molecular flexibility index (Phi) is 5.26. The Balaban J connectivity index is 2.74. The first kappa shape index (κ1) is 14.6. The standard InChI is InChI=1S/C11H17N3O3S/c1-9(15)14-10-3-5-11(6-4-10)18(16,17)13-8-7-12-2/h3-6,12-13H,7-8H2,1-2H3,(H,14,15). The van der Waals surface area contributed by atoms with Gasteiger partial charge in [-0.05, 0) is 31.3 Å². The first-order valence-electron chi connectivity index (χ1n) is 5.47. The van der Waals surface area contributed by atoms with Crippen molar-refractivity contribution in [2.45, 2.75) is 11.8 Å². The fraction of sp³-hybridized carbons (Fsp3) is 0.364. The third-order valence-corrected chi connectivity index (χ3v) is 3.63. The number of sulfonamides is 1. The molecule has 1 aromatic carbocycles. The maximum absolute atomic E-state index is 11.8. The van der Waals surface area contributed by atoms with Crippen LogP contribution in [0.1, 0.15) is 6.92 Å². The second-order valence-electron chi connectivity index (χ2n) is 3.71. The topological polar surface area (TPSA) is 87.3 Å². The van der Waals surface area contributed by atoms with Crippen molar-refractivity contribution in [1.82, 2.24) is 10.0 Å². The Morgan fingerprint density at radius 2 is 1.78 bits per heavy atom. The van der Waals surface area contributed by atoms with Crippen LogP contribution in [0.3, 0.4) is 0 Å². The zero-order valence-electron chi connectivity index (χ0n) is 10.4. The zero-order chi connectivity index (χ0) is 13.6. The molecule has 0 saturated carbocycles. The number of carbonyl (C=O) groups excluding carboxylic acids is 1. The number of amides is 1. The molecule has 0 radical (unpaired) electrons. The molecular weight excluding hydrogens is 254 g/mol. The van der Waals surface area contributed by atoms with Crippen LogP contribution >= 0.6 is 0 Å². The molecule has 1 amide bonds. The van der Waals surface area contributed by atoms with Crippen molar-refractivity contribution in [1.29, 1.82) is 0 Å². The van der Waals surface area contributed by atoms with Crippen LogP contribution < -0.4 is 15.4 Å². The average molecular weight is 271 g/mol. The summed E-state index contributed by atoms with van der Waals surface area (Å²) in [6.45, 7) is 2.28. The highest BCUT2D eigenvalue weighted by molar-refractivity contribution is 7.89. The first-order chi connectivity index (χ1) is 8.45. The highest BCUT2D eigenvalue weighted by Crippen LogP contribution is 2.13. The van der Waals surface area contributed by atoms with E-state index in [0.717, 1.165) is 0 Å². The molecule has 7 heteroatoms. The summed E-state index contributed by atoms with van der Waals surface area (Å²) in [6.07, 6.45) is 0. The van der Waals surface area contributed by atoms with E-state index < -0.39 is 10.0 Å². The van der Waals surface area contributed by atoms with E-state index in [1.54, 1.807) is 19.2 Å². The van der Waals surface area contributed by atoms with E-state index in [9.17, 15) is 13.2 Å². The molecule has 0 aliphatic carbocycles. The van der Waals surface area contributed by atoms with E-state index >= 15 is 0 Å². The fourth-order valence-electron chi connectivity index (χ4n) is 1.31. The predicted molar refractivity (Wildman–Crippen MR) is 69.9 cm³/mol. The van der Waals surface area contributed by atoms with Gasteiger partial charge in [0.25, 0.3) is 0 Å². The van der Waals surface area contributed by atoms with Crippen LogP contribution in [0.2, 0.25) is 0 Å². The summed E-state index contributed by atoms with van der Waals surface area (Å²) >= 11 is 0. The number of anilines is 1. The monoisotopic (exact) mass is 271 g/mol. The number of nitrogens with one attached hydrogen (secondary N) is 3. The number of hydrogen-bond donors (Lipinski definition) is 3. The Bertz CT molecular complexity index is 497. The molecule has 0 spiro atoms. The van der Waals surface area contributed by atoms with Gasteiger partial charge >= 0.3 is 0 Å². The lowest BCUT2D eigenvalue weighted by Gasteiger charge is -2.07. The Morgan fingerprint density at radius 1 is 1.17 bits per heavy atom. The molecule has 0 aliphatic heterocycles. The minimum Gasteiger partial charge on any atom is -0.326 e. The third kappa shape index (κ3) is 4.44. The van der Waals surface area contributed by atoms with Gasteiger partial charge in [-0.3, -0.25) is 4.79 Å². The lowest BCUT2D eigenvalue weighted by Crippen LogP contribution is -2.30. The molecule has 0 bridgehead atoms. The molecular formula is C11H17N3O3S. The summed E-state index contributed by atoms with van der Waals surface area (Å²) < 4.78 is 26.1. The SMILES string of the molecule is CNCCNS(=O)(=O)c1ccc(NC(C)=O)cc1. The first-order valence-corrected chi connectivity index (χ1v) is 6.96. The predicted octanol–water partition coefficient (Wildman–Crippen LogP) is 0.143. The van der Waals surface area contributed by atoms with Crippen LogP contribution in [0.5, 0.6) is 0 Å². The van der Waals surface area contributed by atoms with Crippen molar-refractivity contribution in [2.75, 3.05) is 25.5 Å². The van der Waals surface area contributed by atoms with Gasteiger partial charge in [0.2, 0.25) is 15.9 Å². The lowest BCUT2D eigenvalue weighted by molar-refractivity contribution is -0.114. The lowest BCUT2D eigenvalue weighted by atomic mass is 10.3. The minimum absolute atomic E-state index is 0.174. The fourth-order valence-corrected chi connectivity index (χ4v) is 2.35. The van der Waals surface area contributed by atoms with Crippen molar-refractivity contribution in [3.8, 4) is 0 Å². The molecule has 0 saturated heterocycles. The molecule has 3 N–H and O–H groups in total. The zero-order valence-corrected chi connectivity index (χ0v) is 11.2. The second-order valence-corrected chi connectivity index (χ2v) is 5.47. The van der Waals surface area contributed by atoms with E-state index in [1.807, 2.05) is 0 Å². The third-order valence-electron chi connectivity index (χ3n) is 2.15. The summed E-state index contributed by atoms with van der Waals surface area (Å²) in [5, 5.41) is 5.42. The number of carbonyl (C=O) groups is 1. The van der Waals surface area contributed by atoms with Gasteiger partial charge in [0, 0.05) is 25.7 Å². The van der Waals surface area contributed by atoms with Gasteiger partial charge in [-0.2, -0.15) is 0 Å². The van der Waals surface area contributed by atoms with Crippen LogP contribution in [0, 0.1) is 0 Å². The Labute approximate surface area is 107 Å². The van der Waals surface area contributed by atoms with E-state index in [1.165, 1.54) is 19.1 Å². The van der Waals surface area contributed by atoms with Crippen molar-refractivity contribution in [3.63, 3.8) is 0 Å². The maximum Gasteiger partial charge on any atom is 0.240 e. The molecule has 0 unspecified atom stereocenters. The van der Waals surface area contributed by atoms with Crippen LogP contribution in [0.4, 0.5) is 5.69 Å².